The van der Waals surface area contributed by atoms with Gasteiger partial charge in [0.05, 0.1) is 13.2 Å². The van der Waals surface area contributed by atoms with Crippen LogP contribution in [0.1, 0.15) is 12.7 Å². The zero-order valence-corrected chi connectivity index (χ0v) is 10.3. The first-order valence-electron chi connectivity index (χ1n) is 5.77. The molecule has 1 heterocycles. The maximum absolute atomic E-state index is 9.00. The molecule has 6 nitrogen and oxygen atoms in total. The Bertz CT molecular complexity index is 318. The monoisotopic (exact) mass is 240 g/mol. The Morgan fingerprint density at radius 2 is 1.88 bits per heavy atom. The van der Waals surface area contributed by atoms with Gasteiger partial charge in [0.25, 0.3) is 0 Å². The second-order valence-electron chi connectivity index (χ2n) is 3.57. The minimum absolute atomic E-state index is 0.0281. The first-order valence-corrected chi connectivity index (χ1v) is 5.77. The number of anilines is 2. The Labute approximate surface area is 101 Å². The van der Waals surface area contributed by atoms with Gasteiger partial charge in [-0.05, 0) is 0 Å². The van der Waals surface area contributed by atoms with Crippen LogP contribution in [0.5, 0.6) is 0 Å². The van der Waals surface area contributed by atoms with Crippen LogP contribution in [0.25, 0.3) is 0 Å². The quantitative estimate of drug-likeness (QED) is 0.616. The molecule has 0 aliphatic heterocycles. The van der Waals surface area contributed by atoms with Gasteiger partial charge in [-0.1, -0.05) is 6.92 Å². The van der Waals surface area contributed by atoms with Crippen LogP contribution in [0.15, 0.2) is 6.07 Å². The Morgan fingerprint density at radius 1 is 1.24 bits per heavy atom. The average molecular weight is 240 g/mol. The molecule has 0 atom stereocenters. The molecular formula is C11H20N4O2. The van der Waals surface area contributed by atoms with Gasteiger partial charge in [-0.25, -0.2) is 9.97 Å². The molecular weight excluding hydrogens is 220 g/mol. The number of aromatic nitrogens is 2. The normalized spacial score (nSPS) is 10.4. The average Bonchev–Trinajstić information content (AvgIpc) is 2.37. The van der Waals surface area contributed by atoms with E-state index in [1.165, 1.54) is 0 Å². The van der Waals surface area contributed by atoms with E-state index >= 15 is 0 Å². The van der Waals surface area contributed by atoms with Crippen LogP contribution in [0.3, 0.4) is 0 Å². The molecule has 0 unspecified atom stereocenters. The highest BCUT2D eigenvalue weighted by atomic mass is 16.3. The molecule has 0 bridgehead atoms. The van der Waals surface area contributed by atoms with Crippen LogP contribution in [-0.2, 0) is 6.42 Å². The number of aryl methyl sites for hydroxylation is 1. The minimum atomic E-state index is 0.0281. The van der Waals surface area contributed by atoms with Crippen LogP contribution < -0.4 is 10.2 Å². The first-order chi connectivity index (χ1) is 8.24. The fourth-order valence-corrected chi connectivity index (χ4v) is 1.51. The van der Waals surface area contributed by atoms with E-state index in [1.807, 2.05) is 17.9 Å². The van der Waals surface area contributed by atoms with Crippen LogP contribution >= 0.6 is 0 Å². The standard InChI is InChI=1S/C11H20N4O2/c1-3-9-13-10(12-2)8-11(14-9)15(4-6-16)5-7-17/h8,16-17H,3-7H2,1-2H3,(H,12,13,14). The predicted octanol–water partition coefficient (Wildman–Crippen LogP) is -0.128. The molecule has 0 spiro atoms. The van der Waals surface area contributed by atoms with Gasteiger partial charge < -0.3 is 20.4 Å². The third-order valence-corrected chi connectivity index (χ3v) is 2.40. The van der Waals surface area contributed by atoms with Crippen molar-refractivity contribution in [3.05, 3.63) is 11.9 Å². The predicted molar refractivity (Wildman–Crippen MR) is 67.3 cm³/mol. The highest BCUT2D eigenvalue weighted by molar-refractivity contribution is 5.49. The van der Waals surface area contributed by atoms with Gasteiger partial charge in [0.15, 0.2) is 0 Å². The maximum Gasteiger partial charge on any atom is 0.134 e. The summed E-state index contributed by atoms with van der Waals surface area (Å²) in [6, 6.07) is 1.81. The van der Waals surface area contributed by atoms with E-state index in [4.69, 9.17) is 10.2 Å². The van der Waals surface area contributed by atoms with E-state index in [1.54, 1.807) is 7.05 Å². The number of rotatable bonds is 7. The Hall–Kier alpha value is -1.40. The first kappa shape index (κ1) is 13.7. The second-order valence-corrected chi connectivity index (χ2v) is 3.57. The Morgan fingerprint density at radius 3 is 2.35 bits per heavy atom. The molecule has 1 aromatic heterocycles. The summed E-state index contributed by atoms with van der Waals surface area (Å²) in [5, 5.41) is 21.0. The molecule has 0 aromatic carbocycles. The topological polar surface area (TPSA) is 81.5 Å². The Kier molecular flexibility index (Phi) is 5.65. The lowest BCUT2D eigenvalue weighted by molar-refractivity contribution is 0.280. The zero-order valence-electron chi connectivity index (χ0n) is 10.3. The number of aliphatic hydroxyl groups is 2. The highest BCUT2D eigenvalue weighted by Gasteiger charge is 2.10. The third kappa shape index (κ3) is 3.83. The molecule has 6 heteroatoms. The fraction of sp³-hybridized carbons (Fsp3) is 0.636. The largest absolute Gasteiger partial charge is 0.395 e. The van der Waals surface area contributed by atoms with Gasteiger partial charge >= 0.3 is 0 Å². The zero-order chi connectivity index (χ0) is 12.7. The van der Waals surface area contributed by atoms with Crippen LogP contribution in [0.2, 0.25) is 0 Å². The van der Waals surface area contributed by atoms with Gasteiger partial charge in [-0.3, -0.25) is 0 Å². The summed E-state index contributed by atoms with van der Waals surface area (Å²) in [6.07, 6.45) is 0.745. The van der Waals surface area contributed by atoms with Crippen molar-refractivity contribution in [3.8, 4) is 0 Å². The molecule has 0 fully saturated rings. The van der Waals surface area contributed by atoms with Crippen molar-refractivity contribution in [2.45, 2.75) is 13.3 Å². The van der Waals surface area contributed by atoms with Crippen molar-refractivity contribution in [3.63, 3.8) is 0 Å². The van der Waals surface area contributed by atoms with Crippen molar-refractivity contribution >= 4 is 11.6 Å². The number of hydrogen-bond donors (Lipinski definition) is 3. The van der Waals surface area contributed by atoms with Crippen LogP contribution in [0, 0.1) is 0 Å². The molecule has 0 aliphatic rings. The number of hydrogen-bond acceptors (Lipinski definition) is 6. The molecule has 0 amide bonds. The molecule has 0 saturated carbocycles. The van der Waals surface area contributed by atoms with Gasteiger partial charge in [-0.2, -0.15) is 0 Å². The van der Waals surface area contributed by atoms with Crippen molar-refractivity contribution in [2.24, 2.45) is 0 Å². The Balaban J connectivity index is 2.99. The summed E-state index contributed by atoms with van der Waals surface area (Å²) in [7, 11) is 1.80. The summed E-state index contributed by atoms with van der Waals surface area (Å²) in [5.74, 6) is 2.21. The smallest absolute Gasteiger partial charge is 0.134 e. The van der Waals surface area contributed by atoms with Crippen molar-refractivity contribution in [1.29, 1.82) is 0 Å². The van der Waals surface area contributed by atoms with E-state index in [0.29, 0.717) is 13.1 Å². The lowest BCUT2D eigenvalue weighted by atomic mass is 10.4. The van der Waals surface area contributed by atoms with Gasteiger partial charge in [-0.15, -0.1) is 0 Å². The molecule has 96 valence electrons. The van der Waals surface area contributed by atoms with Crippen LogP contribution in [-0.4, -0.2) is 53.5 Å². The summed E-state index contributed by atoms with van der Waals surface area (Å²) < 4.78 is 0. The molecule has 3 N–H and O–H groups in total. The van der Waals surface area contributed by atoms with Crippen LogP contribution in [0.4, 0.5) is 11.6 Å². The van der Waals surface area contributed by atoms with Crippen molar-refractivity contribution in [1.82, 2.24) is 9.97 Å². The number of aliphatic hydroxyl groups excluding tert-OH is 2. The van der Waals surface area contributed by atoms with Gasteiger partial charge in [0, 0.05) is 32.6 Å². The lowest BCUT2D eigenvalue weighted by Gasteiger charge is -2.22. The molecule has 0 radical (unpaired) electrons. The molecule has 1 aromatic rings. The van der Waals surface area contributed by atoms with Gasteiger partial charge in [0.2, 0.25) is 0 Å². The molecule has 1 rings (SSSR count). The van der Waals surface area contributed by atoms with E-state index in [2.05, 4.69) is 15.3 Å². The van der Waals surface area contributed by atoms with Crippen molar-refractivity contribution < 1.29 is 10.2 Å². The highest BCUT2D eigenvalue weighted by Crippen LogP contribution is 2.15. The van der Waals surface area contributed by atoms with E-state index in [0.717, 1.165) is 23.9 Å². The number of nitrogens with one attached hydrogen (secondary N) is 1. The number of nitrogens with zero attached hydrogens (tertiary/aromatic N) is 3. The summed E-state index contributed by atoms with van der Waals surface area (Å²) in [6.45, 7) is 2.94. The van der Waals surface area contributed by atoms with E-state index in [9.17, 15) is 0 Å². The van der Waals surface area contributed by atoms with Gasteiger partial charge in [0.1, 0.15) is 17.5 Å². The fourth-order valence-electron chi connectivity index (χ4n) is 1.51. The lowest BCUT2D eigenvalue weighted by Crippen LogP contribution is -2.30. The summed E-state index contributed by atoms with van der Waals surface area (Å²) in [5.41, 5.74) is 0. The third-order valence-electron chi connectivity index (χ3n) is 2.40. The van der Waals surface area contributed by atoms with Crippen molar-refractivity contribution in [2.75, 3.05) is 43.6 Å². The maximum atomic E-state index is 9.00. The molecule has 17 heavy (non-hydrogen) atoms. The minimum Gasteiger partial charge on any atom is -0.395 e. The molecule has 0 saturated heterocycles. The summed E-state index contributed by atoms with van der Waals surface area (Å²) in [4.78, 5) is 10.5. The molecule has 0 aliphatic carbocycles. The SMILES string of the molecule is CCc1nc(NC)cc(N(CCO)CCO)n1. The second kappa shape index (κ2) is 7.03. The summed E-state index contributed by atoms with van der Waals surface area (Å²) >= 11 is 0. The van der Waals surface area contributed by atoms with E-state index < -0.39 is 0 Å². The van der Waals surface area contributed by atoms with E-state index in [-0.39, 0.29) is 13.2 Å².